The van der Waals surface area contributed by atoms with Crippen molar-refractivity contribution in [3.63, 3.8) is 0 Å². The van der Waals surface area contributed by atoms with E-state index in [0.717, 1.165) is 6.42 Å². The fourth-order valence-corrected chi connectivity index (χ4v) is 1.33. The lowest BCUT2D eigenvalue weighted by atomic mass is 9.91. The molecule has 0 amide bonds. The van der Waals surface area contributed by atoms with E-state index in [1.807, 2.05) is 0 Å². The van der Waals surface area contributed by atoms with Crippen LogP contribution in [0.15, 0.2) is 5.11 Å². The summed E-state index contributed by atoms with van der Waals surface area (Å²) in [7, 11) is 0. The van der Waals surface area contributed by atoms with Gasteiger partial charge in [0.2, 0.25) is 0 Å². The van der Waals surface area contributed by atoms with Gasteiger partial charge in [-0.1, -0.05) is 11.5 Å². The summed E-state index contributed by atoms with van der Waals surface area (Å²) in [5.74, 6) is 0. The summed E-state index contributed by atoms with van der Waals surface area (Å²) >= 11 is 0. The highest BCUT2D eigenvalue weighted by Gasteiger charge is 2.29. The molecule has 0 bridgehead atoms. The molecular weight excluding hydrogens is 146 g/mol. The second kappa shape index (κ2) is 3.57. The maximum absolute atomic E-state index is 9.25. The minimum atomic E-state index is -0.875. The van der Waals surface area contributed by atoms with E-state index < -0.39 is 18.2 Å². The molecule has 3 atom stereocenters. The second-order valence-corrected chi connectivity index (χ2v) is 2.76. The van der Waals surface area contributed by atoms with Crippen LogP contribution in [0.2, 0.25) is 0 Å². The highest BCUT2D eigenvalue weighted by molar-refractivity contribution is 4.86. The van der Waals surface area contributed by atoms with Crippen LogP contribution < -0.4 is 0 Å². The first-order valence-electron chi connectivity index (χ1n) is 3.66. The first-order valence-corrected chi connectivity index (χ1v) is 3.66. The van der Waals surface area contributed by atoms with E-state index in [-0.39, 0.29) is 0 Å². The van der Waals surface area contributed by atoms with E-state index in [4.69, 9.17) is 10.6 Å². The average Bonchev–Trinajstić information content (AvgIpc) is 1.99. The van der Waals surface area contributed by atoms with Gasteiger partial charge in [-0.2, -0.15) is 0 Å². The molecule has 0 aromatic rings. The lowest BCUT2D eigenvalue weighted by Crippen LogP contribution is -2.39. The second-order valence-electron chi connectivity index (χ2n) is 2.76. The Balaban J connectivity index is 2.57. The first kappa shape index (κ1) is 8.33. The Morgan fingerprint density at radius 1 is 1.36 bits per heavy atom. The molecule has 1 rings (SSSR count). The molecule has 5 nitrogen and oxygen atoms in total. The van der Waals surface area contributed by atoms with Gasteiger partial charge in [0, 0.05) is 4.91 Å². The predicted molar refractivity (Wildman–Crippen MR) is 38.8 cm³/mol. The largest absolute Gasteiger partial charge is 0.390 e. The van der Waals surface area contributed by atoms with Crippen LogP contribution in [-0.2, 0) is 0 Å². The quantitative estimate of drug-likeness (QED) is 0.331. The molecule has 0 spiro atoms. The Bertz CT molecular complexity index is 179. The van der Waals surface area contributed by atoms with Crippen molar-refractivity contribution in [3.8, 4) is 0 Å². The third-order valence-electron chi connectivity index (χ3n) is 1.99. The Morgan fingerprint density at radius 2 is 2.09 bits per heavy atom. The molecular formula is C6H11N3O2. The van der Waals surface area contributed by atoms with E-state index in [0.29, 0.717) is 12.8 Å². The highest BCUT2D eigenvalue weighted by atomic mass is 16.3. The predicted octanol–water partition coefficient (Wildman–Crippen LogP) is 0.571. The van der Waals surface area contributed by atoms with Crippen molar-refractivity contribution in [2.75, 3.05) is 0 Å². The molecule has 0 aliphatic heterocycles. The smallest absolute Gasteiger partial charge is 0.0883 e. The van der Waals surface area contributed by atoms with Crippen molar-refractivity contribution in [2.45, 2.75) is 37.5 Å². The fourth-order valence-electron chi connectivity index (χ4n) is 1.33. The van der Waals surface area contributed by atoms with Crippen LogP contribution in [0, 0.1) is 0 Å². The zero-order valence-corrected chi connectivity index (χ0v) is 6.09. The standard InChI is InChI=1S/C6H11N3O2/c7-9-8-4-2-1-3-5(10)6(4)11/h4-6,10-11H,1-3H2/t4-,5-,6+/m1/s1. The number of hydrogen-bond donors (Lipinski definition) is 2. The molecule has 1 aliphatic carbocycles. The van der Waals surface area contributed by atoms with Crippen molar-refractivity contribution in [3.05, 3.63) is 10.4 Å². The van der Waals surface area contributed by atoms with Crippen LogP contribution in [0.5, 0.6) is 0 Å². The van der Waals surface area contributed by atoms with Crippen LogP contribution in [0.1, 0.15) is 19.3 Å². The van der Waals surface area contributed by atoms with Crippen LogP contribution >= 0.6 is 0 Å². The van der Waals surface area contributed by atoms with Crippen molar-refractivity contribution >= 4 is 0 Å². The topological polar surface area (TPSA) is 89.2 Å². The minimum absolute atomic E-state index is 0.441. The average molecular weight is 157 g/mol. The van der Waals surface area contributed by atoms with Gasteiger partial charge in [-0.25, -0.2) is 0 Å². The van der Waals surface area contributed by atoms with Gasteiger partial charge in [-0.3, -0.25) is 0 Å². The molecule has 11 heavy (non-hydrogen) atoms. The third-order valence-corrected chi connectivity index (χ3v) is 1.99. The van der Waals surface area contributed by atoms with Gasteiger partial charge >= 0.3 is 0 Å². The van der Waals surface area contributed by atoms with Crippen LogP contribution in [0.3, 0.4) is 0 Å². The lowest BCUT2D eigenvalue weighted by molar-refractivity contribution is -0.0204. The first-order chi connectivity index (χ1) is 5.25. The summed E-state index contributed by atoms with van der Waals surface area (Å²) in [6.45, 7) is 0. The molecule has 2 N–H and O–H groups in total. The molecule has 0 heterocycles. The van der Waals surface area contributed by atoms with Gasteiger partial charge < -0.3 is 10.2 Å². The molecule has 5 heteroatoms. The Kier molecular flexibility index (Phi) is 2.70. The van der Waals surface area contributed by atoms with Crippen LogP contribution in [0.25, 0.3) is 10.4 Å². The number of nitrogens with zero attached hydrogens (tertiary/aromatic N) is 3. The summed E-state index contributed by atoms with van der Waals surface area (Å²) in [5, 5.41) is 21.8. The van der Waals surface area contributed by atoms with E-state index in [2.05, 4.69) is 10.0 Å². The highest BCUT2D eigenvalue weighted by Crippen LogP contribution is 2.21. The SMILES string of the molecule is [N-]=[N+]=N[C@@H]1CCC[C@@H](O)[C@H]1O. The van der Waals surface area contributed by atoms with E-state index in [9.17, 15) is 5.11 Å². The zero-order valence-electron chi connectivity index (χ0n) is 6.09. The molecule has 0 radical (unpaired) electrons. The molecule has 1 saturated carbocycles. The molecule has 0 saturated heterocycles. The van der Waals surface area contributed by atoms with Gasteiger partial charge in [-0.15, -0.1) is 0 Å². The van der Waals surface area contributed by atoms with Crippen LogP contribution in [-0.4, -0.2) is 28.5 Å². The van der Waals surface area contributed by atoms with Gasteiger partial charge in [0.05, 0.1) is 18.2 Å². The van der Waals surface area contributed by atoms with Gasteiger partial charge in [0.25, 0.3) is 0 Å². The molecule has 0 aromatic carbocycles. The summed E-state index contributed by atoms with van der Waals surface area (Å²) < 4.78 is 0. The number of azide groups is 1. The summed E-state index contributed by atoms with van der Waals surface area (Å²) in [6, 6.07) is -0.441. The maximum Gasteiger partial charge on any atom is 0.0883 e. The van der Waals surface area contributed by atoms with E-state index in [1.165, 1.54) is 0 Å². The number of rotatable bonds is 1. The van der Waals surface area contributed by atoms with Crippen LogP contribution in [0.4, 0.5) is 0 Å². The fraction of sp³-hybridized carbons (Fsp3) is 1.00. The molecule has 0 aromatic heterocycles. The van der Waals surface area contributed by atoms with Crippen molar-refractivity contribution < 1.29 is 10.2 Å². The molecule has 62 valence electrons. The van der Waals surface area contributed by atoms with Crippen molar-refractivity contribution in [1.29, 1.82) is 0 Å². The third kappa shape index (κ3) is 1.83. The Morgan fingerprint density at radius 3 is 2.73 bits per heavy atom. The maximum atomic E-state index is 9.25. The molecule has 0 unspecified atom stereocenters. The van der Waals surface area contributed by atoms with E-state index in [1.54, 1.807) is 0 Å². The van der Waals surface area contributed by atoms with Crippen molar-refractivity contribution in [1.82, 2.24) is 0 Å². The summed E-state index contributed by atoms with van der Waals surface area (Å²) in [6.07, 6.45) is 0.474. The van der Waals surface area contributed by atoms with Gasteiger partial charge in [0.15, 0.2) is 0 Å². The normalized spacial score (nSPS) is 37.8. The zero-order chi connectivity index (χ0) is 8.27. The molecule has 1 aliphatic rings. The van der Waals surface area contributed by atoms with Gasteiger partial charge in [0.1, 0.15) is 0 Å². The molecule has 1 fully saturated rings. The number of hydrogen-bond acceptors (Lipinski definition) is 3. The Labute approximate surface area is 64.3 Å². The van der Waals surface area contributed by atoms with Crippen molar-refractivity contribution in [2.24, 2.45) is 5.11 Å². The summed E-state index contributed by atoms with van der Waals surface area (Å²) in [4.78, 5) is 2.60. The lowest BCUT2D eigenvalue weighted by Gasteiger charge is -2.28. The van der Waals surface area contributed by atoms with Gasteiger partial charge in [-0.05, 0) is 18.4 Å². The summed E-state index contributed by atoms with van der Waals surface area (Å²) in [5.41, 5.74) is 8.09. The monoisotopic (exact) mass is 157 g/mol. The Hall–Kier alpha value is -0.770. The van der Waals surface area contributed by atoms with E-state index >= 15 is 0 Å². The number of aliphatic hydroxyl groups excluding tert-OH is 2. The minimum Gasteiger partial charge on any atom is -0.390 e. The number of aliphatic hydroxyl groups is 2.